The van der Waals surface area contributed by atoms with Crippen LogP contribution in [0.4, 0.5) is 0 Å². The average Bonchev–Trinajstić information content (AvgIpc) is 2.40. The Morgan fingerprint density at radius 2 is 1.33 bits per heavy atom. The molecule has 0 unspecified atom stereocenters. The predicted molar refractivity (Wildman–Crippen MR) is 86.0 cm³/mol. The van der Waals surface area contributed by atoms with Crippen LogP contribution in [0.3, 0.4) is 0 Å². The summed E-state index contributed by atoms with van der Waals surface area (Å²) in [6, 6.07) is 14.6. The van der Waals surface area contributed by atoms with Gasteiger partial charge in [-0.1, -0.05) is 95.7 Å². The van der Waals surface area contributed by atoms with Crippen LogP contribution in [0.15, 0.2) is 49.0 Å². The molecule has 0 saturated heterocycles. The third-order valence-electron chi connectivity index (χ3n) is 2.04. The van der Waals surface area contributed by atoms with Crippen molar-refractivity contribution in [2.24, 2.45) is 0 Å². The molecule has 0 N–H and O–H groups in total. The Morgan fingerprint density at radius 1 is 0.833 bits per heavy atom. The van der Waals surface area contributed by atoms with Gasteiger partial charge in [0.15, 0.2) is 0 Å². The molecule has 98 valence electrons. The maximum Gasteiger partial charge on any atom is -0.0112 e. The summed E-state index contributed by atoms with van der Waals surface area (Å²) < 4.78 is 0. The first-order valence-corrected chi connectivity index (χ1v) is 6.85. The average molecular weight is 242 g/mol. The minimum absolute atomic E-state index is 1.20. The topological polar surface area (TPSA) is 0 Å². The molecule has 0 bridgehead atoms. The molecule has 0 nitrogen and oxygen atoms in total. The van der Waals surface area contributed by atoms with Crippen molar-refractivity contribution in [3.05, 3.63) is 54.6 Å². The predicted octanol–water partition coefficient (Wildman–Crippen LogP) is 6.32. The normalized spacial score (nSPS) is 8.67. The lowest BCUT2D eigenvalue weighted by atomic mass is 10.1. The zero-order valence-electron chi connectivity index (χ0n) is 12.2. The summed E-state index contributed by atoms with van der Waals surface area (Å²) in [6.07, 6.45) is 4.39. The highest BCUT2D eigenvalue weighted by atomic mass is 14.0. The number of benzene rings is 2. The number of fused-ring (bicyclic) bond motifs is 1. The van der Waals surface area contributed by atoms with Crippen LogP contribution in [0, 0.1) is 0 Å². The molecular weight excluding hydrogens is 216 g/mol. The molecule has 2 aromatic rings. The van der Waals surface area contributed by atoms with E-state index in [0.717, 1.165) is 0 Å². The van der Waals surface area contributed by atoms with Crippen molar-refractivity contribution in [3.8, 4) is 0 Å². The first-order valence-electron chi connectivity index (χ1n) is 6.85. The molecule has 18 heavy (non-hydrogen) atoms. The maximum atomic E-state index is 3.78. The third kappa shape index (κ3) is 5.67. The molecule has 0 spiro atoms. The van der Waals surface area contributed by atoms with Crippen molar-refractivity contribution in [2.45, 2.75) is 40.5 Å². The Kier molecular flexibility index (Phi) is 9.67. The van der Waals surface area contributed by atoms with E-state index in [0.29, 0.717) is 0 Å². The van der Waals surface area contributed by atoms with Crippen molar-refractivity contribution in [1.82, 2.24) is 0 Å². The van der Waals surface area contributed by atoms with E-state index in [4.69, 9.17) is 0 Å². The number of hydrogen-bond acceptors (Lipinski definition) is 0. The van der Waals surface area contributed by atoms with Crippen molar-refractivity contribution >= 4 is 16.8 Å². The van der Waals surface area contributed by atoms with Gasteiger partial charge in [-0.2, -0.15) is 0 Å². The van der Waals surface area contributed by atoms with E-state index >= 15 is 0 Å². The van der Waals surface area contributed by atoms with Crippen LogP contribution in [-0.2, 0) is 0 Å². The molecule has 2 aromatic carbocycles. The summed E-state index contributed by atoms with van der Waals surface area (Å²) in [4.78, 5) is 0. The van der Waals surface area contributed by atoms with Crippen molar-refractivity contribution in [2.75, 3.05) is 0 Å². The van der Waals surface area contributed by atoms with Gasteiger partial charge in [-0.15, -0.1) is 0 Å². The molecular formula is C18H26. The van der Waals surface area contributed by atoms with Gasteiger partial charge in [0.2, 0.25) is 0 Å². The molecule has 0 aliphatic carbocycles. The van der Waals surface area contributed by atoms with Crippen LogP contribution >= 0.6 is 0 Å². The van der Waals surface area contributed by atoms with E-state index in [1.807, 2.05) is 6.08 Å². The maximum absolute atomic E-state index is 3.78. The second-order valence-electron chi connectivity index (χ2n) is 4.19. The highest BCUT2D eigenvalue weighted by Gasteiger charge is 1.93. The van der Waals surface area contributed by atoms with Gasteiger partial charge in [0.25, 0.3) is 0 Å². The zero-order chi connectivity index (χ0) is 13.8. The number of rotatable bonds is 1. The number of hydrogen-bond donors (Lipinski definition) is 0. The van der Waals surface area contributed by atoms with E-state index in [2.05, 4.69) is 76.7 Å². The standard InChI is InChI=1S/C12H10.2C3H8/c1-2-10-7-5-8-11-6-3-4-9-12(10)11;2*1-3-2/h2-9H,1H2;2*3H2,1-2H3. The van der Waals surface area contributed by atoms with E-state index in [-0.39, 0.29) is 0 Å². The van der Waals surface area contributed by atoms with Gasteiger partial charge in [0.1, 0.15) is 0 Å². The summed E-state index contributed by atoms with van der Waals surface area (Å²) in [5, 5.41) is 2.55. The minimum atomic E-state index is 1.20. The minimum Gasteiger partial charge on any atom is -0.0984 e. The van der Waals surface area contributed by atoms with E-state index < -0.39 is 0 Å². The molecule has 0 saturated carbocycles. The Labute approximate surface area is 112 Å². The van der Waals surface area contributed by atoms with E-state index in [9.17, 15) is 0 Å². The van der Waals surface area contributed by atoms with Gasteiger partial charge in [-0.25, -0.2) is 0 Å². The molecule has 0 fully saturated rings. The summed E-state index contributed by atoms with van der Waals surface area (Å²) in [5.41, 5.74) is 1.20. The van der Waals surface area contributed by atoms with Gasteiger partial charge in [0.05, 0.1) is 0 Å². The monoisotopic (exact) mass is 242 g/mol. The molecule has 0 aromatic heterocycles. The largest absolute Gasteiger partial charge is 0.0984 e. The quantitative estimate of drug-likeness (QED) is 0.549. The molecule has 0 amide bonds. The van der Waals surface area contributed by atoms with Crippen molar-refractivity contribution < 1.29 is 0 Å². The van der Waals surface area contributed by atoms with Crippen LogP contribution in [0.2, 0.25) is 0 Å². The van der Waals surface area contributed by atoms with Crippen LogP contribution in [0.25, 0.3) is 16.8 Å². The van der Waals surface area contributed by atoms with Crippen molar-refractivity contribution in [1.29, 1.82) is 0 Å². The lowest BCUT2D eigenvalue weighted by Gasteiger charge is -1.99. The summed E-state index contributed by atoms with van der Waals surface area (Å²) in [6.45, 7) is 12.3. The molecule has 2 rings (SSSR count). The molecule has 0 atom stereocenters. The van der Waals surface area contributed by atoms with Crippen LogP contribution in [0.5, 0.6) is 0 Å². The van der Waals surface area contributed by atoms with Gasteiger partial charge in [0, 0.05) is 0 Å². The lowest BCUT2D eigenvalue weighted by molar-refractivity contribution is 1.09. The Hall–Kier alpha value is -1.56. The van der Waals surface area contributed by atoms with Gasteiger partial charge < -0.3 is 0 Å². The molecule has 0 aliphatic heterocycles. The van der Waals surface area contributed by atoms with Crippen LogP contribution in [-0.4, -0.2) is 0 Å². The molecule has 0 heteroatoms. The van der Waals surface area contributed by atoms with E-state index in [1.54, 1.807) is 0 Å². The smallest absolute Gasteiger partial charge is 0.0112 e. The second-order valence-corrected chi connectivity index (χ2v) is 4.19. The molecule has 0 heterocycles. The zero-order valence-corrected chi connectivity index (χ0v) is 12.2. The highest BCUT2D eigenvalue weighted by Crippen LogP contribution is 2.18. The van der Waals surface area contributed by atoms with Crippen LogP contribution in [0.1, 0.15) is 46.1 Å². The van der Waals surface area contributed by atoms with Crippen molar-refractivity contribution in [3.63, 3.8) is 0 Å². The Balaban J connectivity index is 0.000000414. The summed E-state index contributed by atoms with van der Waals surface area (Å²) in [5.74, 6) is 0. The summed E-state index contributed by atoms with van der Waals surface area (Å²) in [7, 11) is 0. The third-order valence-corrected chi connectivity index (χ3v) is 2.04. The Bertz CT molecular complexity index is 433. The van der Waals surface area contributed by atoms with Gasteiger partial charge in [-0.3, -0.25) is 0 Å². The molecule has 0 aliphatic rings. The van der Waals surface area contributed by atoms with Gasteiger partial charge >= 0.3 is 0 Å². The fourth-order valence-electron chi connectivity index (χ4n) is 1.43. The summed E-state index contributed by atoms with van der Waals surface area (Å²) >= 11 is 0. The Morgan fingerprint density at radius 3 is 1.89 bits per heavy atom. The lowest BCUT2D eigenvalue weighted by Crippen LogP contribution is -1.75. The fourth-order valence-corrected chi connectivity index (χ4v) is 1.43. The SMILES string of the molecule is C=Cc1cccc2ccccc12.CCC.CCC. The first-order chi connectivity index (χ1) is 8.74. The van der Waals surface area contributed by atoms with E-state index in [1.165, 1.54) is 29.2 Å². The van der Waals surface area contributed by atoms with Gasteiger partial charge in [-0.05, 0) is 16.3 Å². The first kappa shape index (κ1) is 16.4. The second kappa shape index (κ2) is 10.6. The molecule has 0 radical (unpaired) electrons. The fraction of sp³-hybridized carbons (Fsp3) is 0.333. The highest BCUT2D eigenvalue weighted by molar-refractivity contribution is 5.90. The van der Waals surface area contributed by atoms with Crippen LogP contribution < -0.4 is 0 Å².